The number of rotatable bonds is 4. The molecule has 1 aromatic carbocycles. The van der Waals surface area contributed by atoms with Gasteiger partial charge >= 0.3 is 0 Å². The van der Waals surface area contributed by atoms with E-state index < -0.39 is 18.5 Å². The quantitative estimate of drug-likeness (QED) is 0.775. The van der Waals surface area contributed by atoms with Crippen LogP contribution in [-0.2, 0) is 13.0 Å². The van der Waals surface area contributed by atoms with Crippen molar-refractivity contribution in [2.24, 2.45) is 0 Å². The second-order valence-electron chi connectivity index (χ2n) is 5.46. The number of fused-ring (bicyclic) bond motifs is 1. The van der Waals surface area contributed by atoms with Crippen LogP contribution in [0.3, 0.4) is 0 Å². The van der Waals surface area contributed by atoms with Gasteiger partial charge in [0.2, 0.25) is 0 Å². The number of nitrogens with zero attached hydrogens (tertiary/aromatic N) is 2. The van der Waals surface area contributed by atoms with Crippen molar-refractivity contribution in [3.8, 4) is 16.9 Å². The van der Waals surface area contributed by atoms with Crippen molar-refractivity contribution in [1.29, 1.82) is 0 Å². The van der Waals surface area contributed by atoms with E-state index in [0.29, 0.717) is 21.7 Å². The molecule has 7 heteroatoms. The average Bonchev–Trinajstić information content (AvgIpc) is 2.98. The van der Waals surface area contributed by atoms with Crippen LogP contribution in [0.5, 0.6) is 5.75 Å². The Hall–Kier alpha value is -2.28. The second-order valence-corrected chi connectivity index (χ2v) is 6.54. The van der Waals surface area contributed by atoms with Gasteiger partial charge in [-0.05, 0) is 24.5 Å². The topological polar surface area (TPSA) is 55.1 Å². The van der Waals surface area contributed by atoms with E-state index in [9.17, 15) is 18.7 Å². The highest BCUT2D eigenvalue weighted by molar-refractivity contribution is 7.19. The Bertz CT molecular complexity index is 963. The van der Waals surface area contributed by atoms with Gasteiger partial charge in [0, 0.05) is 0 Å². The van der Waals surface area contributed by atoms with Crippen molar-refractivity contribution in [1.82, 2.24) is 9.55 Å². The molecule has 0 saturated heterocycles. The number of hydrogen-bond donors (Lipinski definition) is 1. The van der Waals surface area contributed by atoms with E-state index in [1.807, 2.05) is 13.0 Å². The summed E-state index contributed by atoms with van der Waals surface area (Å²) in [5, 5.41) is 11.3. The Morgan fingerprint density at radius 2 is 2.04 bits per heavy atom. The van der Waals surface area contributed by atoms with Gasteiger partial charge in [-0.25, -0.2) is 13.8 Å². The van der Waals surface area contributed by atoms with Crippen molar-refractivity contribution in [3.05, 3.63) is 45.2 Å². The van der Waals surface area contributed by atoms with Crippen LogP contribution in [-0.4, -0.2) is 21.1 Å². The predicted molar refractivity (Wildman–Crippen MR) is 91.1 cm³/mol. The molecular formula is C17H16F2N2O2S. The molecule has 3 rings (SSSR count). The standard InChI is InChI=1S/C17H16F2N2O2S/c1-3-12-20-16-15(24-12)14(22)13(10-7-5-4-6-9(10)2)17(23)21(16)8-11(18)19/h4-7,11,22H,3,8H2,1-2H3. The Labute approximate surface area is 141 Å². The fraction of sp³-hybridized carbons (Fsp3) is 0.294. The lowest BCUT2D eigenvalue weighted by atomic mass is 10.0. The zero-order valence-corrected chi connectivity index (χ0v) is 14.0. The molecule has 2 heterocycles. The lowest BCUT2D eigenvalue weighted by molar-refractivity contribution is 0.126. The summed E-state index contributed by atoms with van der Waals surface area (Å²) >= 11 is 1.22. The van der Waals surface area contributed by atoms with Crippen LogP contribution in [0.4, 0.5) is 8.78 Å². The molecule has 2 aromatic heterocycles. The molecule has 24 heavy (non-hydrogen) atoms. The first kappa shape index (κ1) is 16.6. The molecule has 0 atom stereocenters. The number of benzene rings is 1. The molecule has 0 bridgehead atoms. The SMILES string of the molecule is CCc1nc2c(s1)c(O)c(-c1ccccc1C)c(=O)n2CC(F)F. The van der Waals surface area contributed by atoms with Gasteiger partial charge in [-0.15, -0.1) is 11.3 Å². The molecule has 0 aliphatic carbocycles. The number of pyridine rings is 1. The molecule has 1 N–H and O–H groups in total. The minimum Gasteiger partial charge on any atom is -0.505 e. The molecule has 0 unspecified atom stereocenters. The van der Waals surface area contributed by atoms with Gasteiger partial charge in [-0.1, -0.05) is 31.2 Å². The smallest absolute Gasteiger partial charge is 0.264 e. The van der Waals surface area contributed by atoms with Crippen LogP contribution in [0.1, 0.15) is 17.5 Å². The van der Waals surface area contributed by atoms with Gasteiger partial charge in [-0.2, -0.15) is 0 Å². The van der Waals surface area contributed by atoms with Gasteiger partial charge in [-0.3, -0.25) is 9.36 Å². The summed E-state index contributed by atoms with van der Waals surface area (Å²) in [5.41, 5.74) is 0.844. The van der Waals surface area contributed by atoms with E-state index in [1.54, 1.807) is 25.1 Å². The van der Waals surface area contributed by atoms with Crippen LogP contribution in [0.25, 0.3) is 21.5 Å². The lowest BCUT2D eigenvalue weighted by Crippen LogP contribution is -2.25. The Kier molecular flexibility index (Phi) is 4.36. The molecule has 0 saturated carbocycles. The monoisotopic (exact) mass is 350 g/mol. The number of aromatic nitrogens is 2. The van der Waals surface area contributed by atoms with Crippen LogP contribution in [0, 0.1) is 6.92 Å². The molecule has 0 spiro atoms. The fourth-order valence-corrected chi connectivity index (χ4v) is 3.65. The van der Waals surface area contributed by atoms with Gasteiger partial charge in [0.15, 0.2) is 5.65 Å². The van der Waals surface area contributed by atoms with Crippen LogP contribution < -0.4 is 5.56 Å². The van der Waals surface area contributed by atoms with Gasteiger partial charge in [0.1, 0.15) is 10.4 Å². The minimum absolute atomic E-state index is 0.0487. The third kappa shape index (κ3) is 2.69. The number of aromatic hydroxyl groups is 1. The van der Waals surface area contributed by atoms with Crippen molar-refractivity contribution >= 4 is 21.7 Å². The maximum Gasteiger partial charge on any atom is 0.264 e. The fourth-order valence-electron chi connectivity index (χ4n) is 2.69. The van der Waals surface area contributed by atoms with Crippen LogP contribution in [0.15, 0.2) is 29.1 Å². The molecule has 0 radical (unpaired) electrons. The zero-order valence-electron chi connectivity index (χ0n) is 13.2. The van der Waals surface area contributed by atoms with Crippen molar-refractivity contribution in [3.63, 3.8) is 0 Å². The maximum atomic E-state index is 13.0. The lowest BCUT2D eigenvalue weighted by Gasteiger charge is -2.13. The largest absolute Gasteiger partial charge is 0.505 e. The van der Waals surface area contributed by atoms with E-state index in [2.05, 4.69) is 4.98 Å². The summed E-state index contributed by atoms with van der Waals surface area (Å²) < 4.78 is 27.3. The minimum atomic E-state index is -2.69. The second kappa shape index (κ2) is 6.32. The summed E-state index contributed by atoms with van der Waals surface area (Å²) in [7, 11) is 0. The Balaban J connectivity index is 2.42. The number of halogens is 2. The summed E-state index contributed by atoms with van der Waals surface area (Å²) in [6, 6.07) is 7.06. The Morgan fingerprint density at radius 3 is 2.67 bits per heavy atom. The predicted octanol–water partition coefficient (Wildman–Crippen LogP) is 3.97. The highest BCUT2D eigenvalue weighted by atomic mass is 32.1. The third-order valence-corrected chi connectivity index (χ3v) is 5.05. The summed E-state index contributed by atoms with van der Waals surface area (Å²) in [6.45, 7) is 2.94. The van der Waals surface area contributed by atoms with E-state index in [4.69, 9.17) is 0 Å². The number of alkyl halides is 2. The number of thiazole rings is 1. The third-order valence-electron chi connectivity index (χ3n) is 3.86. The van der Waals surface area contributed by atoms with Gasteiger partial charge < -0.3 is 5.11 Å². The van der Waals surface area contributed by atoms with Gasteiger partial charge in [0.05, 0.1) is 17.1 Å². The molecular weight excluding hydrogens is 334 g/mol. The summed E-state index contributed by atoms with van der Waals surface area (Å²) in [6.07, 6.45) is -2.09. The number of aryl methyl sites for hydroxylation is 2. The summed E-state index contributed by atoms with van der Waals surface area (Å²) in [5.74, 6) is -0.188. The van der Waals surface area contributed by atoms with Crippen LogP contribution >= 0.6 is 11.3 Å². The highest BCUT2D eigenvalue weighted by Crippen LogP contribution is 2.37. The molecule has 126 valence electrons. The summed E-state index contributed by atoms with van der Waals surface area (Å²) in [4.78, 5) is 17.1. The van der Waals surface area contributed by atoms with Crippen molar-refractivity contribution in [2.75, 3.05) is 0 Å². The average molecular weight is 350 g/mol. The van der Waals surface area contributed by atoms with Gasteiger partial charge in [0.25, 0.3) is 12.0 Å². The van der Waals surface area contributed by atoms with E-state index in [-0.39, 0.29) is 17.0 Å². The molecule has 0 amide bonds. The number of hydrogen-bond acceptors (Lipinski definition) is 4. The first-order chi connectivity index (χ1) is 11.4. The Morgan fingerprint density at radius 1 is 1.33 bits per heavy atom. The first-order valence-corrected chi connectivity index (χ1v) is 8.35. The highest BCUT2D eigenvalue weighted by Gasteiger charge is 2.23. The maximum absolute atomic E-state index is 13.0. The van der Waals surface area contributed by atoms with Crippen LogP contribution in [0.2, 0.25) is 0 Å². The molecule has 0 fully saturated rings. The van der Waals surface area contributed by atoms with E-state index in [1.165, 1.54) is 11.3 Å². The zero-order chi connectivity index (χ0) is 17.4. The molecule has 4 nitrogen and oxygen atoms in total. The molecule has 3 aromatic rings. The molecule has 0 aliphatic heterocycles. The van der Waals surface area contributed by atoms with E-state index in [0.717, 1.165) is 10.1 Å². The first-order valence-electron chi connectivity index (χ1n) is 7.53. The van der Waals surface area contributed by atoms with E-state index >= 15 is 0 Å². The normalized spacial score (nSPS) is 11.5. The van der Waals surface area contributed by atoms with Crippen molar-refractivity contribution < 1.29 is 13.9 Å². The van der Waals surface area contributed by atoms with Crippen molar-refractivity contribution in [2.45, 2.75) is 33.2 Å². The molecule has 0 aliphatic rings.